The predicted molar refractivity (Wildman–Crippen MR) is 117 cm³/mol. The van der Waals surface area contributed by atoms with Gasteiger partial charge in [0.15, 0.2) is 5.43 Å². The van der Waals surface area contributed by atoms with E-state index >= 15 is 0 Å². The number of pyridine rings is 1. The molecule has 0 aliphatic heterocycles. The maximum absolute atomic E-state index is 13.2. The van der Waals surface area contributed by atoms with E-state index in [9.17, 15) is 18.0 Å². The van der Waals surface area contributed by atoms with Gasteiger partial charge in [0.05, 0.1) is 34.8 Å². The van der Waals surface area contributed by atoms with Crippen molar-refractivity contribution in [1.29, 1.82) is 0 Å². The van der Waals surface area contributed by atoms with Gasteiger partial charge < -0.3 is 20.8 Å². The summed E-state index contributed by atoms with van der Waals surface area (Å²) in [5.74, 6) is 0.556. The molecule has 31 heavy (non-hydrogen) atoms. The number of halogens is 3. The lowest BCUT2D eigenvalue weighted by Gasteiger charge is -2.13. The van der Waals surface area contributed by atoms with Gasteiger partial charge in [-0.2, -0.15) is 13.2 Å². The first-order valence-electron chi connectivity index (χ1n) is 9.60. The summed E-state index contributed by atoms with van der Waals surface area (Å²) in [5.41, 5.74) is 7.86. The minimum atomic E-state index is -4.38. The van der Waals surface area contributed by atoms with E-state index < -0.39 is 11.7 Å². The van der Waals surface area contributed by atoms with Crippen molar-refractivity contribution in [3.05, 3.63) is 75.9 Å². The molecule has 160 valence electrons. The van der Waals surface area contributed by atoms with E-state index in [1.165, 1.54) is 13.2 Å². The molecule has 1 aromatic heterocycles. The fourth-order valence-electron chi connectivity index (χ4n) is 3.60. The number of methoxy groups -OCH3 is 1. The number of H-pyrrole nitrogens is 1. The summed E-state index contributed by atoms with van der Waals surface area (Å²) in [4.78, 5) is 16.4. The molecule has 0 unspecified atom stereocenters. The lowest BCUT2D eigenvalue weighted by molar-refractivity contribution is -0.137. The van der Waals surface area contributed by atoms with Crippen LogP contribution in [-0.2, 0) is 12.6 Å². The molecule has 1 heterocycles. The van der Waals surface area contributed by atoms with Crippen LogP contribution in [0.25, 0.3) is 21.8 Å². The standard InChI is InChI=1S/C23H20F3N3O2/c1-31-15-5-7-18-16(12-15)22(30)20-19(8-6-17(27)21(20)29-18)28-10-9-13-3-2-4-14(11-13)23(24,25)26/h2-8,11-12,28H,9-10,27H2,1H3,(H,29,30). The molecule has 0 atom stereocenters. The molecule has 4 N–H and O–H groups in total. The number of hydrogen-bond donors (Lipinski definition) is 3. The average Bonchev–Trinajstić information content (AvgIpc) is 2.75. The normalized spacial score (nSPS) is 11.7. The summed E-state index contributed by atoms with van der Waals surface area (Å²) in [6.07, 6.45) is -4.03. The van der Waals surface area contributed by atoms with E-state index in [1.807, 2.05) is 0 Å². The van der Waals surface area contributed by atoms with Crippen molar-refractivity contribution in [3.8, 4) is 5.75 Å². The van der Waals surface area contributed by atoms with E-state index in [4.69, 9.17) is 10.5 Å². The number of rotatable bonds is 5. The molecule has 0 saturated heterocycles. The molecule has 0 bridgehead atoms. The summed E-state index contributed by atoms with van der Waals surface area (Å²) in [7, 11) is 1.52. The second kappa shape index (κ2) is 7.86. The summed E-state index contributed by atoms with van der Waals surface area (Å²) in [6, 6.07) is 13.7. The molecule has 0 fully saturated rings. The van der Waals surface area contributed by atoms with Crippen LogP contribution in [0.2, 0.25) is 0 Å². The van der Waals surface area contributed by atoms with E-state index in [0.717, 1.165) is 12.1 Å². The zero-order valence-corrected chi connectivity index (χ0v) is 16.6. The Labute approximate surface area is 175 Å². The first-order valence-corrected chi connectivity index (χ1v) is 9.60. The van der Waals surface area contributed by atoms with Crippen LogP contribution in [0.15, 0.2) is 59.4 Å². The Morgan fingerprint density at radius 3 is 2.65 bits per heavy atom. The molecule has 3 aromatic carbocycles. The molecule has 5 nitrogen and oxygen atoms in total. The van der Waals surface area contributed by atoms with E-state index in [-0.39, 0.29) is 5.43 Å². The van der Waals surface area contributed by atoms with Gasteiger partial charge in [0.2, 0.25) is 0 Å². The highest BCUT2D eigenvalue weighted by molar-refractivity contribution is 6.04. The Morgan fingerprint density at radius 2 is 1.90 bits per heavy atom. The second-order valence-electron chi connectivity index (χ2n) is 7.19. The summed E-state index contributed by atoms with van der Waals surface area (Å²) in [5, 5.41) is 4.02. The molecule has 4 aromatic rings. The minimum Gasteiger partial charge on any atom is -0.497 e. The van der Waals surface area contributed by atoms with Crippen LogP contribution in [-0.4, -0.2) is 18.6 Å². The van der Waals surface area contributed by atoms with Crippen LogP contribution in [0.1, 0.15) is 11.1 Å². The number of alkyl halides is 3. The van der Waals surface area contributed by atoms with Crippen LogP contribution >= 0.6 is 0 Å². The number of nitrogen functional groups attached to an aromatic ring is 1. The molecule has 0 amide bonds. The summed E-state index contributed by atoms with van der Waals surface area (Å²) >= 11 is 0. The van der Waals surface area contributed by atoms with Crippen molar-refractivity contribution in [2.75, 3.05) is 24.7 Å². The molecule has 4 rings (SSSR count). The van der Waals surface area contributed by atoms with Gasteiger partial charge >= 0.3 is 6.18 Å². The third kappa shape index (κ3) is 4.01. The van der Waals surface area contributed by atoms with E-state index in [2.05, 4.69) is 10.3 Å². The van der Waals surface area contributed by atoms with Gasteiger partial charge in [-0.1, -0.05) is 18.2 Å². The van der Waals surface area contributed by atoms with Gasteiger partial charge in [-0.15, -0.1) is 0 Å². The number of ether oxygens (including phenoxy) is 1. The maximum Gasteiger partial charge on any atom is 0.416 e. The molecule has 0 saturated carbocycles. The van der Waals surface area contributed by atoms with Gasteiger partial charge in [-0.3, -0.25) is 4.79 Å². The van der Waals surface area contributed by atoms with Crippen molar-refractivity contribution in [2.24, 2.45) is 0 Å². The van der Waals surface area contributed by atoms with Crippen LogP contribution in [0, 0.1) is 0 Å². The molecule has 0 aliphatic rings. The molecule has 0 radical (unpaired) electrons. The topological polar surface area (TPSA) is 80.1 Å². The van der Waals surface area contributed by atoms with Crippen LogP contribution in [0.3, 0.4) is 0 Å². The zero-order chi connectivity index (χ0) is 22.2. The van der Waals surface area contributed by atoms with Crippen LogP contribution < -0.4 is 21.2 Å². The zero-order valence-electron chi connectivity index (χ0n) is 16.6. The third-order valence-electron chi connectivity index (χ3n) is 5.18. The number of nitrogens with two attached hydrogens (primary N) is 1. The molecular weight excluding hydrogens is 407 g/mol. The van der Waals surface area contributed by atoms with Gasteiger partial charge in [0.1, 0.15) is 5.75 Å². The number of anilines is 2. The Morgan fingerprint density at radius 1 is 1.10 bits per heavy atom. The van der Waals surface area contributed by atoms with Crippen molar-refractivity contribution >= 4 is 33.2 Å². The van der Waals surface area contributed by atoms with Crippen molar-refractivity contribution in [1.82, 2.24) is 4.98 Å². The first kappa shape index (κ1) is 20.6. The summed E-state index contributed by atoms with van der Waals surface area (Å²) in [6.45, 7) is 0.343. The Balaban J connectivity index is 1.67. The molecule has 8 heteroatoms. The van der Waals surface area contributed by atoms with E-state index in [0.29, 0.717) is 57.5 Å². The highest BCUT2D eigenvalue weighted by Gasteiger charge is 2.30. The van der Waals surface area contributed by atoms with Gasteiger partial charge in [-0.25, -0.2) is 0 Å². The number of hydrogen-bond acceptors (Lipinski definition) is 4. The lowest BCUT2D eigenvalue weighted by Crippen LogP contribution is -2.12. The van der Waals surface area contributed by atoms with Gasteiger partial charge in [0.25, 0.3) is 0 Å². The van der Waals surface area contributed by atoms with E-state index in [1.54, 1.807) is 36.4 Å². The Kier molecular flexibility index (Phi) is 5.22. The fraction of sp³-hybridized carbons (Fsp3) is 0.174. The predicted octanol–water partition coefficient (Wildman–Crippen LogP) is 4.95. The Bertz CT molecular complexity index is 1330. The highest BCUT2D eigenvalue weighted by atomic mass is 19.4. The first-order chi connectivity index (χ1) is 14.8. The molecule has 0 spiro atoms. The monoisotopic (exact) mass is 427 g/mol. The second-order valence-corrected chi connectivity index (χ2v) is 7.19. The molecular formula is C23H20F3N3O2. The number of benzene rings is 3. The number of nitrogens with one attached hydrogen (secondary N) is 2. The minimum absolute atomic E-state index is 0.212. The largest absolute Gasteiger partial charge is 0.497 e. The highest BCUT2D eigenvalue weighted by Crippen LogP contribution is 2.30. The Hall–Kier alpha value is -3.68. The number of aromatic amines is 1. The number of aromatic nitrogens is 1. The SMILES string of the molecule is COc1ccc2[nH]c3c(N)ccc(NCCc4cccc(C(F)(F)F)c4)c3c(=O)c2c1. The average molecular weight is 427 g/mol. The quantitative estimate of drug-likeness (QED) is 0.311. The fourth-order valence-corrected chi connectivity index (χ4v) is 3.60. The van der Waals surface area contributed by atoms with Crippen LogP contribution in [0.4, 0.5) is 24.5 Å². The smallest absolute Gasteiger partial charge is 0.416 e. The van der Waals surface area contributed by atoms with Gasteiger partial charge in [-0.05, 0) is 48.4 Å². The van der Waals surface area contributed by atoms with Crippen molar-refractivity contribution < 1.29 is 17.9 Å². The van der Waals surface area contributed by atoms with Crippen LogP contribution in [0.5, 0.6) is 5.75 Å². The van der Waals surface area contributed by atoms with Gasteiger partial charge in [0, 0.05) is 17.6 Å². The third-order valence-corrected chi connectivity index (χ3v) is 5.18. The lowest BCUT2D eigenvalue weighted by atomic mass is 10.1. The molecule has 0 aliphatic carbocycles. The summed E-state index contributed by atoms with van der Waals surface area (Å²) < 4.78 is 44.0. The van der Waals surface area contributed by atoms with Crippen molar-refractivity contribution in [3.63, 3.8) is 0 Å². The van der Waals surface area contributed by atoms with Crippen molar-refractivity contribution in [2.45, 2.75) is 12.6 Å². The number of fused-ring (bicyclic) bond motifs is 2. The maximum atomic E-state index is 13.2.